The molecule has 134 valence electrons. The van der Waals surface area contributed by atoms with Gasteiger partial charge in [0.2, 0.25) is 0 Å². The quantitative estimate of drug-likeness (QED) is 0.885. The smallest absolute Gasteiger partial charge is 0.266 e. The van der Waals surface area contributed by atoms with E-state index in [9.17, 15) is 9.59 Å². The summed E-state index contributed by atoms with van der Waals surface area (Å²) in [4.78, 5) is 27.0. The monoisotopic (exact) mass is 361 g/mol. The number of carbonyl (C=O) groups is 1. The minimum Gasteiger partial charge on any atom is -0.492 e. The van der Waals surface area contributed by atoms with Crippen LogP contribution in [0.2, 0.25) is 0 Å². The van der Waals surface area contributed by atoms with Crippen molar-refractivity contribution >= 4 is 29.3 Å². The standard InChI is InChI=1S/C19H23NO4S/c1-6-24-13-9-7-8-12(17(13)23-5)10-14-18(22)20-16(25-14)11-15(21)19(2,3)4/h7-11H,6H2,1-5H3,(H,20,22)/b14-10-,16-11-. The molecular weight excluding hydrogens is 338 g/mol. The van der Waals surface area contributed by atoms with E-state index >= 15 is 0 Å². The Morgan fingerprint density at radius 1 is 1.32 bits per heavy atom. The van der Waals surface area contributed by atoms with Gasteiger partial charge < -0.3 is 14.5 Å². The van der Waals surface area contributed by atoms with Gasteiger partial charge in [0, 0.05) is 17.1 Å². The summed E-state index contributed by atoms with van der Waals surface area (Å²) >= 11 is 1.24. The number of ketones is 1. The van der Waals surface area contributed by atoms with Gasteiger partial charge in [0.15, 0.2) is 17.3 Å². The second-order valence-electron chi connectivity index (χ2n) is 6.50. The van der Waals surface area contributed by atoms with Gasteiger partial charge in [-0.1, -0.05) is 32.9 Å². The number of nitrogens with one attached hydrogen (secondary N) is 1. The van der Waals surface area contributed by atoms with Crippen molar-refractivity contribution in [1.29, 1.82) is 0 Å². The normalized spacial score (nSPS) is 13.2. The summed E-state index contributed by atoms with van der Waals surface area (Å²) in [6.45, 7) is 7.94. The number of ether oxygens (including phenoxy) is 2. The fourth-order valence-electron chi connectivity index (χ4n) is 2.14. The molecule has 0 aliphatic rings. The van der Waals surface area contributed by atoms with Gasteiger partial charge in [-0.15, -0.1) is 11.3 Å². The highest BCUT2D eigenvalue weighted by atomic mass is 32.1. The lowest BCUT2D eigenvalue weighted by atomic mass is 9.91. The van der Waals surface area contributed by atoms with Crippen LogP contribution in [0.15, 0.2) is 23.0 Å². The molecule has 2 rings (SSSR count). The summed E-state index contributed by atoms with van der Waals surface area (Å²) in [5.41, 5.74) is 0.0242. The predicted molar refractivity (Wildman–Crippen MR) is 101 cm³/mol. The molecule has 0 unspecified atom stereocenters. The molecule has 1 N–H and O–H groups in total. The van der Waals surface area contributed by atoms with E-state index < -0.39 is 5.41 Å². The van der Waals surface area contributed by atoms with Crippen molar-refractivity contribution < 1.29 is 14.3 Å². The molecule has 2 aromatic rings. The Morgan fingerprint density at radius 3 is 2.64 bits per heavy atom. The Bertz CT molecular complexity index is 932. The first kappa shape index (κ1) is 19.0. The number of rotatable bonds is 5. The van der Waals surface area contributed by atoms with E-state index in [1.807, 2.05) is 45.9 Å². The topological polar surface area (TPSA) is 68.4 Å². The van der Waals surface area contributed by atoms with Crippen LogP contribution in [0.25, 0.3) is 12.2 Å². The number of thiazole rings is 1. The fraction of sp³-hybridized carbons (Fsp3) is 0.368. The highest BCUT2D eigenvalue weighted by Crippen LogP contribution is 2.31. The van der Waals surface area contributed by atoms with Crippen LogP contribution in [0.1, 0.15) is 33.3 Å². The zero-order chi connectivity index (χ0) is 18.6. The molecule has 1 aromatic heterocycles. The molecule has 0 aliphatic heterocycles. The summed E-state index contributed by atoms with van der Waals surface area (Å²) < 4.78 is 12.0. The summed E-state index contributed by atoms with van der Waals surface area (Å²) in [5, 5.41) is 0. The van der Waals surface area contributed by atoms with E-state index in [2.05, 4.69) is 4.98 Å². The molecule has 0 aliphatic carbocycles. The maximum Gasteiger partial charge on any atom is 0.266 e. The molecule has 0 saturated heterocycles. The minimum atomic E-state index is -0.486. The van der Waals surface area contributed by atoms with Crippen molar-refractivity contribution in [2.24, 2.45) is 5.41 Å². The second-order valence-corrected chi connectivity index (χ2v) is 7.58. The highest BCUT2D eigenvalue weighted by Gasteiger charge is 2.18. The lowest BCUT2D eigenvalue weighted by Crippen LogP contribution is -2.22. The first-order valence-corrected chi connectivity index (χ1v) is 8.84. The second kappa shape index (κ2) is 7.70. The number of para-hydroxylation sites is 1. The Kier molecular flexibility index (Phi) is 5.85. The van der Waals surface area contributed by atoms with Crippen molar-refractivity contribution in [3.05, 3.63) is 43.3 Å². The van der Waals surface area contributed by atoms with E-state index in [-0.39, 0.29) is 11.3 Å². The van der Waals surface area contributed by atoms with E-state index in [4.69, 9.17) is 9.47 Å². The Balaban J connectivity index is 2.54. The van der Waals surface area contributed by atoms with Crippen molar-refractivity contribution in [2.45, 2.75) is 27.7 Å². The molecule has 0 atom stereocenters. The first-order chi connectivity index (χ1) is 11.8. The number of methoxy groups -OCH3 is 1. The van der Waals surface area contributed by atoms with Crippen LogP contribution in [0.5, 0.6) is 11.5 Å². The molecule has 1 heterocycles. The molecule has 0 amide bonds. The molecule has 0 fully saturated rings. The number of Topliss-reactive ketones (excluding diaryl/α,β-unsaturated/α-hetero) is 1. The lowest BCUT2D eigenvalue weighted by Gasteiger charge is -2.12. The number of aromatic amines is 1. The maximum atomic E-state index is 12.2. The molecule has 25 heavy (non-hydrogen) atoms. The van der Waals surface area contributed by atoms with E-state index in [0.717, 1.165) is 5.56 Å². The molecule has 0 bridgehead atoms. The third kappa shape index (κ3) is 4.60. The van der Waals surface area contributed by atoms with Crippen molar-refractivity contribution in [3.8, 4) is 11.5 Å². The zero-order valence-corrected chi connectivity index (χ0v) is 16.0. The van der Waals surface area contributed by atoms with Crippen LogP contribution < -0.4 is 24.2 Å². The third-order valence-corrected chi connectivity index (χ3v) is 4.44. The Hall–Kier alpha value is -2.34. The van der Waals surface area contributed by atoms with Gasteiger partial charge in [-0.3, -0.25) is 9.59 Å². The summed E-state index contributed by atoms with van der Waals surface area (Å²) in [6.07, 6.45) is 3.22. The number of hydrogen-bond donors (Lipinski definition) is 1. The van der Waals surface area contributed by atoms with E-state index in [1.54, 1.807) is 13.2 Å². The van der Waals surface area contributed by atoms with Gasteiger partial charge in [-0.25, -0.2) is 0 Å². The minimum absolute atomic E-state index is 0.0347. The predicted octanol–water partition coefficient (Wildman–Crippen LogP) is 2.07. The van der Waals surface area contributed by atoms with E-state index in [0.29, 0.717) is 27.3 Å². The van der Waals surface area contributed by atoms with Crippen molar-refractivity contribution in [2.75, 3.05) is 13.7 Å². The molecule has 0 saturated carbocycles. The molecule has 5 nitrogen and oxygen atoms in total. The molecule has 0 spiro atoms. The van der Waals surface area contributed by atoms with Crippen LogP contribution in [0.4, 0.5) is 0 Å². The average Bonchev–Trinajstić information content (AvgIpc) is 2.86. The maximum absolute atomic E-state index is 12.2. The number of hydrogen-bond acceptors (Lipinski definition) is 5. The molecule has 1 aromatic carbocycles. The van der Waals surface area contributed by atoms with Crippen LogP contribution in [0, 0.1) is 5.41 Å². The van der Waals surface area contributed by atoms with Gasteiger partial charge in [0.1, 0.15) is 0 Å². The van der Waals surface area contributed by atoms with Gasteiger partial charge in [0.25, 0.3) is 5.56 Å². The highest BCUT2D eigenvalue weighted by molar-refractivity contribution is 7.07. The van der Waals surface area contributed by atoms with Crippen molar-refractivity contribution in [1.82, 2.24) is 4.98 Å². The summed E-state index contributed by atoms with van der Waals surface area (Å²) in [5.74, 6) is 1.17. The Morgan fingerprint density at radius 2 is 2.04 bits per heavy atom. The van der Waals surface area contributed by atoms with Gasteiger partial charge in [0.05, 0.1) is 22.9 Å². The third-order valence-electron chi connectivity index (χ3n) is 3.48. The van der Waals surface area contributed by atoms with Gasteiger partial charge in [-0.05, 0) is 19.1 Å². The Labute approximate surface area is 150 Å². The van der Waals surface area contributed by atoms with Crippen LogP contribution >= 0.6 is 11.3 Å². The average molecular weight is 361 g/mol. The van der Waals surface area contributed by atoms with Crippen LogP contribution in [-0.2, 0) is 4.79 Å². The lowest BCUT2D eigenvalue weighted by molar-refractivity contribution is -0.119. The summed E-state index contributed by atoms with van der Waals surface area (Å²) in [6, 6.07) is 5.51. The number of benzene rings is 1. The van der Waals surface area contributed by atoms with Crippen molar-refractivity contribution in [3.63, 3.8) is 0 Å². The molecule has 6 heteroatoms. The molecular formula is C19H23NO4S. The van der Waals surface area contributed by atoms with Gasteiger partial charge in [-0.2, -0.15) is 0 Å². The number of H-pyrrole nitrogens is 1. The van der Waals surface area contributed by atoms with E-state index in [1.165, 1.54) is 17.4 Å². The van der Waals surface area contributed by atoms with Crippen LogP contribution in [0.3, 0.4) is 0 Å². The number of aromatic nitrogens is 1. The SMILES string of the molecule is CCOc1cccc(/C=c2\s/c(=C\C(=O)C(C)(C)C)[nH]c2=O)c1OC. The largest absolute Gasteiger partial charge is 0.492 e. The summed E-state index contributed by atoms with van der Waals surface area (Å²) in [7, 11) is 1.56. The van der Waals surface area contributed by atoms with Crippen LogP contribution in [-0.4, -0.2) is 24.5 Å². The molecule has 0 radical (unpaired) electrons. The van der Waals surface area contributed by atoms with Gasteiger partial charge >= 0.3 is 0 Å². The number of carbonyl (C=O) groups excluding carboxylic acids is 1. The fourth-order valence-corrected chi connectivity index (χ4v) is 3.01. The zero-order valence-electron chi connectivity index (χ0n) is 15.1. The first-order valence-electron chi connectivity index (χ1n) is 8.03.